The third-order valence-corrected chi connectivity index (χ3v) is 4.07. The van der Waals surface area contributed by atoms with Gasteiger partial charge in [-0.3, -0.25) is 14.9 Å². The summed E-state index contributed by atoms with van der Waals surface area (Å²) >= 11 is 0. The zero-order valence-corrected chi connectivity index (χ0v) is 11.3. The summed E-state index contributed by atoms with van der Waals surface area (Å²) in [5, 5.41) is 2.17. The molecule has 110 valence electrons. The fourth-order valence-electron chi connectivity index (χ4n) is 2.68. The average molecular weight is 292 g/mol. The summed E-state index contributed by atoms with van der Waals surface area (Å²) in [5.74, 6) is -1.82. The number of ether oxygens (including phenoxy) is 1. The van der Waals surface area contributed by atoms with E-state index in [4.69, 9.17) is 4.74 Å². The molecule has 2 fully saturated rings. The molecule has 0 radical (unpaired) electrons. The maximum absolute atomic E-state index is 13.8. The lowest BCUT2D eigenvalue weighted by Gasteiger charge is -2.44. The van der Waals surface area contributed by atoms with E-state index in [2.05, 4.69) is 5.32 Å². The van der Waals surface area contributed by atoms with Crippen LogP contribution in [-0.2, 0) is 9.59 Å². The van der Waals surface area contributed by atoms with Crippen molar-refractivity contribution in [3.05, 3.63) is 24.0 Å². The van der Waals surface area contributed by atoms with Crippen molar-refractivity contribution in [2.24, 2.45) is 5.41 Å². The number of carbonyl (C=O) groups is 3. The van der Waals surface area contributed by atoms with Gasteiger partial charge in [0.2, 0.25) is 5.91 Å². The highest BCUT2D eigenvalue weighted by Crippen LogP contribution is 2.45. The number of halogens is 1. The van der Waals surface area contributed by atoms with Crippen molar-refractivity contribution >= 4 is 23.5 Å². The fraction of sp³-hybridized carbons (Fsp3) is 0.357. The van der Waals surface area contributed by atoms with Crippen LogP contribution in [0.3, 0.4) is 0 Å². The number of anilines is 1. The molecule has 1 aliphatic heterocycles. The number of barbiturate groups is 1. The minimum Gasteiger partial charge on any atom is -0.494 e. The Bertz CT molecular complexity index is 654. The second-order valence-electron chi connectivity index (χ2n) is 5.15. The number of amides is 4. The highest BCUT2D eigenvalue weighted by atomic mass is 19.1. The molecule has 3 rings (SSSR count). The van der Waals surface area contributed by atoms with Crippen LogP contribution >= 0.6 is 0 Å². The number of methoxy groups -OCH3 is 1. The van der Waals surface area contributed by atoms with Crippen molar-refractivity contribution in [2.75, 3.05) is 12.0 Å². The number of hydrogen-bond donors (Lipinski definition) is 1. The van der Waals surface area contributed by atoms with E-state index in [9.17, 15) is 18.8 Å². The van der Waals surface area contributed by atoms with E-state index in [-0.39, 0.29) is 11.4 Å². The molecule has 0 bridgehead atoms. The topological polar surface area (TPSA) is 75.7 Å². The number of hydrogen-bond acceptors (Lipinski definition) is 4. The van der Waals surface area contributed by atoms with E-state index in [1.165, 1.54) is 19.2 Å². The Morgan fingerprint density at radius 3 is 2.52 bits per heavy atom. The van der Waals surface area contributed by atoms with E-state index in [1.54, 1.807) is 0 Å². The molecule has 1 saturated heterocycles. The number of carbonyl (C=O) groups excluding carboxylic acids is 3. The normalized spacial score (nSPS) is 20.3. The fourth-order valence-corrected chi connectivity index (χ4v) is 2.68. The Hall–Kier alpha value is -2.44. The van der Waals surface area contributed by atoms with Crippen LogP contribution in [0.2, 0.25) is 0 Å². The van der Waals surface area contributed by atoms with Gasteiger partial charge in [0.25, 0.3) is 5.91 Å². The summed E-state index contributed by atoms with van der Waals surface area (Å²) < 4.78 is 18.6. The van der Waals surface area contributed by atoms with E-state index < -0.39 is 29.1 Å². The van der Waals surface area contributed by atoms with Gasteiger partial charge in [0, 0.05) is 6.07 Å². The van der Waals surface area contributed by atoms with Gasteiger partial charge in [-0.2, -0.15) is 0 Å². The lowest BCUT2D eigenvalue weighted by Crippen LogP contribution is -2.66. The first-order valence-corrected chi connectivity index (χ1v) is 6.53. The van der Waals surface area contributed by atoms with Crippen LogP contribution in [0, 0.1) is 11.2 Å². The molecule has 0 aromatic heterocycles. The van der Waals surface area contributed by atoms with Gasteiger partial charge < -0.3 is 4.74 Å². The molecule has 1 aromatic rings. The van der Waals surface area contributed by atoms with Crippen LogP contribution in [0.1, 0.15) is 19.3 Å². The largest absolute Gasteiger partial charge is 0.494 e. The van der Waals surface area contributed by atoms with Crippen molar-refractivity contribution < 1.29 is 23.5 Å². The zero-order chi connectivity index (χ0) is 15.2. The molecular weight excluding hydrogens is 279 g/mol. The van der Waals surface area contributed by atoms with E-state index in [0.717, 1.165) is 17.4 Å². The van der Waals surface area contributed by atoms with Crippen molar-refractivity contribution in [1.82, 2.24) is 5.32 Å². The molecule has 1 heterocycles. The van der Waals surface area contributed by atoms with Gasteiger partial charge in [0.1, 0.15) is 5.41 Å². The summed E-state index contributed by atoms with van der Waals surface area (Å²) in [5.41, 5.74) is -1.10. The molecule has 1 N–H and O–H groups in total. The van der Waals surface area contributed by atoms with Crippen molar-refractivity contribution in [3.8, 4) is 5.75 Å². The van der Waals surface area contributed by atoms with E-state index >= 15 is 0 Å². The Labute approximate surface area is 119 Å². The minimum absolute atomic E-state index is 0.0121. The Morgan fingerprint density at radius 1 is 1.29 bits per heavy atom. The minimum atomic E-state index is -1.18. The average Bonchev–Trinajstić information content (AvgIpc) is 2.36. The molecule has 0 unspecified atom stereocenters. The van der Waals surface area contributed by atoms with Gasteiger partial charge in [-0.15, -0.1) is 0 Å². The second-order valence-corrected chi connectivity index (χ2v) is 5.15. The van der Waals surface area contributed by atoms with E-state index in [0.29, 0.717) is 12.8 Å². The molecule has 1 saturated carbocycles. The van der Waals surface area contributed by atoms with Crippen LogP contribution in [0.4, 0.5) is 14.9 Å². The lowest BCUT2D eigenvalue weighted by atomic mass is 9.66. The number of rotatable bonds is 2. The maximum Gasteiger partial charge on any atom is 0.335 e. The number of nitrogens with zero attached hydrogens (tertiary/aromatic N) is 1. The summed E-state index contributed by atoms with van der Waals surface area (Å²) in [6, 6.07) is 2.92. The SMILES string of the molecule is COc1ccc(N2C(=O)NC(=O)C3(CCC3)C2=O)cc1F. The van der Waals surface area contributed by atoms with Gasteiger partial charge in [-0.05, 0) is 25.0 Å². The van der Waals surface area contributed by atoms with Gasteiger partial charge in [0.05, 0.1) is 12.8 Å². The van der Waals surface area contributed by atoms with Crippen LogP contribution in [0.5, 0.6) is 5.75 Å². The molecular formula is C14H13FN2O4. The van der Waals surface area contributed by atoms with E-state index in [1.807, 2.05) is 0 Å². The molecule has 21 heavy (non-hydrogen) atoms. The summed E-state index contributed by atoms with van der Waals surface area (Å²) in [4.78, 5) is 37.1. The number of benzene rings is 1. The first-order chi connectivity index (χ1) is 9.99. The molecule has 4 amide bonds. The molecule has 6 nitrogen and oxygen atoms in total. The molecule has 1 spiro atoms. The standard InChI is InChI=1S/C14H13FN2O4/c1-21-10-4-3-8(7-9(10)15)17-12(19)14(5-2-6-14)11(18)16-13(17)20/h3-4,7H,2,5-6H2,1H3,(H,16,18,20). The summed E-state index contributed by atoms with van der Waals surface area (Å²) in [6.45, 7) is 0. The smallest absolute Gasteiger partial charge is 0.335 e. The first kappa shape index (κ1) is 13.5. The van der Waals surface area contributed by atoms with Gasteiger partial charge in [0.15, 0.2) is 11.6 Å². The monoisotopic (exact) mass is 292 g/mol. The molecule has 1 aliphatic carbocycles. The van der Waals surface area contributed by atoms with Crippen LogP contribution in [0.25, 0.3) is 0 Å². The summed E-state index contributed by atoms with van der Waals surface area (Å²) in [6.07, 6.45) is 1.55. The third-order valence-electron chi connectivity index (χ3n) is 4.07. The molecule has 0 atom stereocenters. The van der Waals surface area contributed by atoms with Crippen molar-refractivity contribution in [2.45, 2.75) is 19.3 Å². The molecule has 2 aliphatic rings. The molecule has 1 aromatic carbocycles. The lowest BCUT2D eigenvalue weighted by molar-refractivity contribution is -0.148. The third kappa shape index (κ3) is 1.80. The van der Waals surface area contributed by atoms with Crippen LogP contribution < -0.4 is 15.0 Å². The Kier molecular flexibility index (Phi) is 2.93. The Morgan fingerprint density at radius 2 is 2.00 bits per heavy atom. The first-order valence-electron chi connectivity index (χ1n) is 6.53. The van der Waals surface area contributed by atoms with Crippen molar-refractivity contribution in [1.29, 1.82) is 0 Å². The summed E-state index contributed by atoms with van der Waals surface area (Å²) in [7, 11) is 1.32. The second kappa shape index (κ2) is 4.54. The Balaban J connectivity index is 2.00. The molecule has 7 heteroatoms. The zero-order valence-electron chi connectivity index (χ0n) is 11.3. The van der Waals surface area contributed by atoms with Crippen LogP contribution in [-0.4, -0.2) is 25.0 Å². The number of urea groups is 1. The number of nitrogens with one attached hydrogen (secondary N) is 1. The predicted octanol–water partition coefficient (Wildman–Crippen LogP) is 1.59. The quantitative estimate of drug-likeness (QED) is 0.840. The highest BCUT2D eigenvalue weighted by Gasteiger charge is 2.57. The van der Waals surface area contributed by atoms with Gasteiger partial charge in [-0.1, -0.05) is 6.42 Å². The number of imide groups is 2. The van der Waals surface area contributed by atoms with Gasteiger partial charge >= 0.3 is 6.03 Å². The maximum atomic E-state index is 13.8. The predicted molar refractivity (Wildman–Crippen MR) is 70.3 cm³/mol. The van der Waals surface area contributed by atoms with Crippen molar-refractivity contribution in [3.63, 3.8) is 0 Å². The van der Waals surface area contributed by atoms with Crippen LogP contribution in [0.15, 0.2) is 18.2 Å². The van der Waals surface area contributed by atoms with Gasteiger partial charge in [-0.25, -0.2) is 14.1 Å². The highest BCUT2D eigenvalue weighted by molar-refractivity contribution is 6.30.